The molecule has 0 bridgehead atoms. The van der Waals surface area contributed by atoms with Gasteiger partial charge in [-0.15, -0.1) is 0 Å². The summed E-state index contributed by atoms with van der Waals surface area (Å²) >= 11 is 0. The van der Waals surface area contributed by atoms with E-state index in [1.54, 1.807) is 7.11 Å². The van der Waals surface area contributed by atoms with Crippen LogP contribution in [0.25, 0.3) is 0 Å². The van der Waals surface area contributed by atoms with Crippen molar-refractivity contribution in [2.75, 3.05) is 20.2 Å². The number of fused-ring (bicyclic) bond motifs is 1. The van der Waals surface area contributed by atoms with E-state index in [0.717, 1.165) is 56.0 Å². The Morgan fingerprint density at radius 2 is 2.26 bits per heavy atom. The van der Waals surface area contributed by atoms with E-state index in [1.807, 2.05) is 4.68 Å². The fourth-order valence-corrected chi connectivity index (χ4v) is 2.95. The van der Waals surface area contributed by atoms with Gasteiger partial charge in [-0.05, 0) is 25.7 Å². The molecule has 23 heavy (non-hydrogen) atoms. The smallest absolute Gasteiger partial charge is 0.191 e. The minimum absolute atomic E-state index is 0.346. The van der Waals surface area contributed by atoms with E-state index in [9.17, 15) is 0 Å². The van der Waals surface area contributed by atoms with Crippen LogP contribution in [-0.2, 0) is 24.3 Å². The lowest BCUT2D eigenvalue weighted by Gasteiger charge is -2.25. The lowest BCUT2D eigenvalue weighted by Crippen LogP contribution is -2.47. The Kier molecular flexibility index (Phi) is 5.48. The van der Waals surface area contributed by atoms with Crippen molar-refractivity contribution < 1.29 is 4.74 Å². The van der Waals surface area contributed by atoms with E-state index in [2.05, 4.69) is 27.6 Å². The lowest BCUT2D eigenvalue weighted by molar-refractivity contribution is 0.177. The van der Waals surface area contributed by atoms with Crippen molar-refractivity contribution in [1.82, 2.24) is 25.4 Å². The first-order chi connectivity index (χ1) is 11.3. The lowest BCUT2D eigenvalue weighted by atomic mass is 10.1. The number of hydrogen-bond acceptors (Lipinski definition) is 4. The maximum Gasteiger partial charge on any atom is 0.191 e. The maximum atomic E-state index is 5.11. The van der Waals surface area contributed by atoms with Gasteiger partial charge in [0.05, 0.1) is 6.54 Å². The van der Waals surface area contributed by atoms with E-state index in [-0.39, 0.29) is 0 Å². The zero-order chi connectivity index (χ0) is 16.1. The van der Waals surface area contributed by atoms with E-state index in [1.165, 1.54) is 19.3 Å². The third-order valence-corrected chi connectivity index (χ3v) is 4.36. The summed E-state index contributed by atoms with van der Waals surface area (Å²) in [7, 11) is 1.67. The molecule has 1 aliphatic carbocycles. The predicted octanol–water partition coefficient (Wildman–Crippen LogP) is 1.09. The second-order valence-corrected chi connectivity index (χ2v) is 6.43. The van der Waals surface area contributed by atoms with Crippen LogP contribution in [0.15, 0.2) is 4.99 Å². The zero-order valence-corrected chi connectivity index (χ0v) is 14.2. The number of guanidine groups is 1. The highest BCUT2D eigenvalue weighted by molar-refractivity contribution is 5.80. The second kappa shape index (κ2) is 7.77. The predicted molar refractivity (Wildman–Crippen MR) is 89.3 cm³/mol. The summed E-state index contributed by atoms with van der Waals surface area (Å²) in [5.41, 5.74) is 0. The first-order valence-electron chi connectivity index (χ1n) is 8.75. The zero-order valence-electron chi connectivity index (χ0n) is 14.2. The number of rotatable bonds is 7. The van der Waals surface area contributed by atoms with Gasteiger partial charge in [0.1, 0.15) is 12.4 Å². The fraction of sp³-hybridized carbons (Fsp3) is 0.812. The highest BCUT2D eigenvalue weighted by Crippen LogP contribution is 2.32. The Morgan fingerprint density at radius 3 is 3.00 bits per heavy atom. The molecular weight excluding hydrogens is 292 g/mol. The van der Waals surface area contributed by atoms with E-state index < -0.39 is 0 Å². The van der Waals surface area contributed by atoms with Gasteiger partial charge in [-0.25, -0.2) is 9.67 Å². The Morgan fingerprint density at radius 1 is 1.39 bits per heavy atom. The molecule has 2 aliphatic rings. The molecule has 0 saturated heterocycles. The summed E-state index contributed by atoms with van der Waals surface area (Å²) in [5.74, 6) is 3.69. The number of nitrogens with one attached hydrogen (secondary N) is 2. The van der Waals surface area contributed by atoms with Crippen molar-refractivity contribution in [2.45, 2.75) is 58.2 Å². The number of ether oxygens (including phenoxy) is 1. The largest absolute Gasteiger partial charge is 0.377 e. The van der Waals surface area contributed by atoms with Crippen molar-refractivity contribution in [3.8, 4) is 0 Å². The molecule has 0 spiro atoms. The van der Waals surface area contributed by atoms with Crippen LogP contribution < -0.4 is 10.6 Å². The van der Waals surface area contributed by atoms with Crippen LogP contribution in [0, 0.1) is 5.92 Å². The normalized spacial score (nSPS) is 21.1. The van der Waals surface area contributed by atoms with Crippen LogP contribution in [0.5, 0.6) is 0 Å². The average Bonchev–Trinajstić information content (AvgIpc) is 3.26. The van der Waals surface area contributed by atoms with Crippen LogP contribution in [0.3, 0.4) is 0 Å². The summed E-state index contributed by atoms with van der Waals surface area (Å²) in [6, 6.07) is 0.346. The molecule has 3 rings (SSSR count). The van der Waals surface area contributed by atoms with Gasteiger partial charge in [-0.1, -0.05) is 12.8 Å². The van der Waals surface area contributed by atoms with Gasteiger partial charge in [0, 0.05) is 32.7 Å². The monoisotopic (exact) mass is 320 g/mol. The summed E-state index contributed by atoms with van der Waals surface area (Å²) < 4.78 is 7.12. The number of aryl methyl sites for hydroxylation is 1. The molecule has 0 amide bonds. The molecule has 1 fully saturated rings. The van der Waals surface area contributed by atoms with Gasteiger partial charge in [0.25, 0.3) is 0 Å². The molecule has 7 heteroatoms. The molecule has 1 aromatic rings. The number of nitrogens with zero attached hydrogens (tertiary/aromatic N) is 4. The van der Waals surface area contributed by atoms with Crippen LogP contribution >= 0.6 is 0 Å². The quantitative estimate of drug-likeness (QED) is 0.581. The van der Waals surface area contributed by atoms with Crippen molar-refractivity contribution in [3.05, 3.63) is 11.6 Å². The fourth-order valence-electron chi connectivity index (χ4n) is 2.95. The topological polar surface area (TPSA) is 76.4 Å². The molecule has 0 aromatic carbocycles. The third-order valence-electron chi connectivity index (χ3n) is 4.36. The Balaban J connectivity index is 1.55. The molecule has 2 heterocycles. The second-order valence-electron chi connectivity index (χ2n) is 6.43. The summed E-state index contributed by atoms with van der Waals surface area (Å²) in [6.07, 6.45) is 5.99. The van der Waals surface area contributed by atoms with E-state index in [4.69, 9.17) is 9.73 Å². The van der Waals surface area contributed by atoms with Crippen molar-refractivity contribution in [2.24, 2.45) is 10.9 Å². The molecule has 1 saturated carbocycles. The van der Waals surface area contributed by atoms with E-state index >= 15 is 0 Å². The Hall–Kier alpha value is -1.63. The van der Waals surface area contributed by atoms with Crippen LogP contribution in [-0.4, -0.2) is 47.0 Å². The summed E-state index contributed by atoms with van der Waals surface area (Å²) in [6.45, 7) is 5.21. The van der Waals surface area contributed by atoms with Crippen LogP contribution in [0.1, 0.15) is 44.3 Å². The van der Waals surface area contributed by atoms with Crippen molar-refractivity contribution in [3.63, 3.8) is 0 Å². The number of aliphatic imine (C=N–C) groups is 1. The van der Waals surface area contributed by atoms with Crippen LogP contribution in [0.2, 0.25) is 0 Å². The molecule has 2 N–H and O–H groups in total. The molecular formula is C16H28N6O. The van der Waals surface area contributed by atoms with Gasteiger partial charge >= 0.3 is 0 Å². The number of methoxy groups -OCH3 is 1. The summed E-state index contributed by atoms with van der Waals surface area (Å²) in [4.78, 5) is 9.23. The minimum Gasteiger partial charge on any atom is -0.377 e. The minimum atomic E-state index is 0.346. The highest BCUT2D eigenvalue weighted by Gasteiger charge is 2.23. The molecule has 1 atom stereocenters. The molecule has 1 aliphatic heterocycles. The van der Waals surface area contributed by atoms with Crippen molar-refractivity contribution >= 4 is 5.96 Å². The SMILES string of the molecule is CCNC(=NCCC1CC1)NC1CCc2nc(COC)nn2C1. The van der Waals surface area contributed by atoms with Gasteiger partial charge in [-0.3, -0.25) is 4.99 Å². The van der Waals surface area contributed by atoms with Crippen LogP contribution in [0.4, 0.5) is 0 Å². The molecule has 128 valence electrons. The summed E-state index contributed by atoms with van der Waals surface area (Å²) in [5, 5.41) is 11.4. The average molecular weight is 320 g/mol. The van der Waals surface area contributed by atoms with Gasteiger partial charge in [0.15, 0.2) is 11.8 Å². The molecule has 1 unspecified atom stereocenters. The first-order valence-corrected chi connectivity index (χ1v) is 8.75. The highest BCUT2D eigenvalue weighted by atomic mass is 16.5. The van der Waals surface area contributed by atoms with Gasteiger partial charge < -0.3 is 15.4 Å². The molecule has 7 nitrogen and oxygen atoms in total. The number of aromatic nitrogens is 3. The first kappa shape index (κ1) is 16.2. The standard InChI is InChI=1S/C16H28N6O/c1-3-17-16(18-9-8-12-4-5-12)19-13-6-7-15-20-14(11-23-2)21-22(15)10-13/h12-13H,3-11H2,1-2H3,(H2,17,18,19). The molecule has 0 radical (unpaired) electrons. The van der Waals surface area contributed by atoms with Crippen molar-refractivity contribution in [1.29, 1.82) is 0 Å². The number of hydrogen-bond donors (Lipinski definition) is 2. The Bertz CT molecular complexity index is 537. The van der Waals surface area contributed by atoms with Gasteiger partial charge in [-0.2, -0.15) is 5.10 Å². The van der Waals surface area contributed by atoms with Gasteiger partial charge in [0.2, 0.25) is 0 Å². The Labute approximate surface area is 137 Å². The molecule has 1 aromatic heterocycles. The maximum absolute atomic E-state index is 5.11. The van der Waals surface area contributed by atoms with E-state index in [0.29, 0.717) is 12.6 Å². The third kappa shape index (κ3) is 4.67.